The van der Waals surface area contributed by atoms with Crippen molar-refractivity contribution in [2.75, 3.05) is 0 Å². The second-order valence-electron chi connectivity index (χ2n) is 6.54. The number of aromatic amines is 1. The van der Waals surface area contributed by atoms with E-state index >= 15 is 0 Å². The van der Waals surface area contributed by atoms with E-state index < -0.39 is 0 Å². The summed E-state index contributed by atoms with van der Waals surface area (Å²) in [5, 5.41) is 1.25. The lowest BCUT2D eigenvalue weighted by molar-refractivity contribution is -0.119. The van der Waals surface area contributed by atoms with E-state index in [4.69, 9.17) is 0 Å². The quantitative estimate of drug-likeness (QED) is 0.830. The van der Waals surface area contributed by atoms with Gasteiger partial charge in [-0.15, -0.1) is 0 Å². The van der Waals surface area contributed by atoms with Gasteiger partial charge in [-0.25, -0.2) is 9.97 Å². The number of nitrogens with one attached hydrogen (secondary N) is 1. The molecule has 4 atom stereocenters. The topological polar surface area (TPSA) is 41.6 Å². The summed E-state index contributed by atoms with van der Waals surface area (Å²) in [6.07, 6.45) is 10.9. The van der Waals surface area contributed by atoms with Crippen molar-refractivity contribution in [1.82, 2.24) is 15.0 Å². The number of aromatic nitrogens is 3. The Morgan fingerprint density at radius 1 is 1.22 bits per heavy atom. The third-order valence-corrected chi connectivity index (χ3v) is 6.12. The number of fused-ring (bicyclic) bond motifs is 1. The lowest BCUT2D eigenvalue weighted by atomic mass is 9.43. The molecule has 3 saturated carbocycles. The lowest BCUT2D eigenvalue weighted by Gasteiger charge is -2.61. The highest BCUT2D eigenvalue weighted by Gasteiger charge is 2.64. The molecule has 0 aromatic carbocycles. The van der Waals surface area contributed by atoms with Gasteiger partial charge in [0.25, 0.3) is 0 Å². The van der Waals surface area contributed by atoms with Crippen LogP contribution in [0.15, 0.2) is 18.6 Å². The van der Waals surface area contributed by atoms with E-state index in [1.54, 1.807) is 6.33 Å². The van der Waals surface area contributed by atoms with Crippen LogP contribution in [0.25, 0.3) is 11.0 Å². The van der Waals surface area contributed by atoms with Crippen molar-refractivity contribution in [3.8, 4) is 0 Å². The maximum absolute atomic E-state index is 4.61. The van der Waals surface area contributed by atoms with Gasteiger partial charge in [-0.3, -0.25) is 0 Å². The average Bonchev–Trinajstić information content (AvgIpc) is 2.98. The molecule has 0 aliphatic heterocycles. The van der Waals surface area contributed by atoms with E-state index in [0.717, 1.165) is 22.9 Å². The van der Waals surface area contributed by atoms with Crippen LogP contribution >= 0.6 is 0 Å². The second kappa shape index (κ2) is 2.95. The molecule has 0 radical (unpaired) electrons. The number of hydrogen-bond acceptors (Lipinski definition) is 2. The van der Waals surface area contributed by atoms with E-state index in [9.17, 15) is 0 Å². The van der Waals surface area contributed by atoms with Crippen LogP contribution in [0.5, 0.6) is 0 Å². The van der Waals surface area contributed by atoms with Crippen LogP contribution in [0.3, 0.4) is 0 Å². The van der Waals surface area contributed by atoms with Gasteiger partial charge in [-0.2, -0.15) is 0 Å². The predicted octanol–water partition coefficient (Wildman–Crippen LogP) is 3.25. The highest BCUT2D eigenvalue weighted by molar-refractivity contribution is 5.78. The summed E-state index contributed by atoms with van der Waals surface area (Å²) in [5.74, 6) is 2.75. The summed E-state index contributed by atoms with van der Waals surface area (Å²) in [5.41, 5.74) is 3.05. The van der Waals surface area contributed by atoms with Crippen LogP contribution in [-0.2, 0) is 0 Å². The Labute approximate surface area is 106 Å². The van der Waals surface area contributed by atoms with Crippen LogP contribution < -0.4 is 0 Å². The predicted molar refractivity (Wildman–Crippen MR) is 69.1 cm³/mol. The molecule has 2 aromatic rings. The fourth-order valence-corrected chi connectivity index (χ4v) is 5.10. The molecule has 2 heterocycles. The zero-order chi connectivity index (χ0) is 11.7. The number of hydrogen-bond donors (Lipinski definition) is 1. The Morgan fingerprint density at radius 3 is 3.00 bits per heavy atom. The molecule has 3 nitrogen and oxygen atoms in total. The van der Waals surface area contributed by atoms with Crippen LogP contribution in [0.2, 0.25) is 0 Å². The molecule has 92 valence electrons. The van der Waals surface area contributed by atoms with E-state index in [0.29, 0.717) is 5.92 Å². The third kappa shape index (κ3) is 0.943. The minimum absolute atomic E-state index is 0.682. The maximum Gasteiger partial charge on any atom is 0.140 e. The Bertz CT molecular complexity index is 631. The molecule has 4 unspecified atom stereocenters. The van der Waals surface area contributed by atoms with Crippen LogP contribution in [0.1, 0.15) is 43.7 Å². The summed E-state index contributed by atoms with van der Waals surface area (Å²) in [6.45, 7) is 0. The largest absolute Gasteiger partial charge is 0.346 e. The first-order valence-electron chi connectivity index (χ1n) is 7.15. The molecule has 0 amide bonds. The van der Waals surface area contributed by atoms with E-state index in [1.807, 2.05) is 6.20 Å². The fourth-order valence-electron chi connectivity index (χ4n) is 5.10. The molecular formula is C15H17N3. The van der Waals surface area contributed by atoms with Gasteiger partial charge in [0.15, 0.2) is 0 Å². The van der Waals surface area contributed by atoms with Crippen LogP contribution in [0, 0.1) is 17.3 Å². The Balaban J connectivity index is 1.58. The SMILES string of the molecule is c1nc(C2CC3CC4CCC43C2)c2cc[nH]c2n1. The summed E-state index contributed by atoms with van der Waals surface area (Å²) in [7, 11) is 0. The van der Waals surface area contributed by atoms with Gasteiger partial charge in [0.1, 0.15) is 12.0 Å². The molecule has 3 aliphatic carbocycles. The second-order valence-corrected chi connectivity index (χ2v) is 6.54. The minimum Gasteiger partial charge on any atom is -0.346 e. The van der Waals surface area contributed by atoms with Gasteiger partial charge >= 0.3 is 0 Å². The summed E-state index contributed by atoms with van der Waals surface area (Å²) < 4.78 is 0. The van der Waals surface area contributed by atoms with Crippen molar-refractivity contribution in [1.29, 1.82) is 0 Å². The van der Waals surface area contributed by atoms with Gasteiger partial charge in [0.05, 0.1) is 5.69 Å². The Morgan fingerprint density at radius 2 is 2.22 bits per heavy atom. The molecule has 5 rings (SSSR count). The zero-order valence-electron chi connectivity index (χ0n) is 10.4. The normalized spacial score (nSPS) is 41.0. The lowest BCUT2D eigenvalue weighted by Crippen LogP contribution is -2.53. The summed E-state index contributed by atoms with van der Waals surface area (Å²) in [6, 6.07) is 2.14. The first-order chi connectivity index (χ1) is 8.87. The van der Waals surface area contributed by atoms with E-state index in [-0.39, 0.29) is 0 Å². The molecule has 2 aromatic heterocycles. The van der Waals surface area contributed by atoms with Gasteiger partial charge in [-0.1, -0.05) is 0 Å². The molecule has 18 heavy (non-hydrogen) atoms. The van der Waals surface area contributed by atoms with E-state index in [2.05, 4.69) is 21.0 Å². The fraction of sp³-hybridized carbons (Fsp3) is 0.600. The van der Waals surface area contributed by atoms with Crippen molar-refractivity contribution >= 4 is 11.0 Å². The van der Waals surface area contributed by atoms with Gasteiger partial charge in [0.2, 0.25) is 0 Å². The molecule has 0 bridgehead atoms. The van der Waals surface area contributed by atoms with Crippen molar-refractivity contribution in [2.24, 2.45) is 17.3 Å². The summed E-state index contributed by atoms with van der Waals surface area (Å²) in [4.78, 5) is 12.1. The highest BCUT2D eigenvalue weighted by atomic mass is 14.9. The van der Waals surface area contributed by atoms with Gasteiger partial charge in [0, 0.05) is 17.5 Å². The smallest absolute Gasteiger partial charge is 0.140 e. The molecule has 3 fully saturated rings. The average molecular weight is 239 g/mol. The first kappa shape index (κ1) is 9.54. The number of nitrogens with zero attached hydrogens (tertiary/aromatic N) is 2. The molecule has 3 aliphatic rings. The highest BCUT2D eigenvalue weighted by Crippen LogP contribution is 2.74. The molecule has 1 spiro atoms. The maximum atomic E-state index is 4.61. The monoisotopic (exact) mass is 239 g/mol. The minimum atomic E-state index is 0.682. The Kier molecular flexibility index (Phi) is 1.57. The van der Waals surface area contributed by atoms with Gasteiger partial charge < -0.3 is 4.98 Å². The number of H-pyrrole nitrogens is 1. The molecular weight excluding hydrogens is 222 g/mol. The van der Waals surface area contributed by atoms with Gasteiger partial charge in [-0.05, 0) is 55.4 Å². The van der Waals surface area contributed by atoms with Crippen molar-refractivity contribution in [3.05, 3.63) is 24.3 Å². The first-order valence-corrected chi connectivity index (χ1v) is 7.15. The van der Waals surface area contributed by atoms with Crippen molar-refractivity contribution in [2.45, 2.75) is 38.0 Å². The molecule has 0 saturated heterocycles. The van der Waals surface area contributed by atoms with Crippen LogP contribution in [-0.4, -0.2) is 15.0 Å². The van der Waals surface area contributed by atoms with Crippen LogP contribution in [0.4, 0.5) is 0 Å². The van der Waals surface area contributed by atoms with E-state index in [1.165, 1.54) is 43.2 Å². The standard InChI is InChI=1S/C15H17N3/c1-3-15-7-9(5-11(15)6-10(1)15)13-12-2-4-16-14(12)18-8-17-13/h2,4,8-11H,1,3,5-7H2,(H,16,17,18). The molecule has 3 heteroatoms. The third-order valence-electron chi connectivity index (χ3n) is 6.12. The Hall–Kier alpha value is -1.38. The zero-order valence-corrected chi connectivity index (χ0v) is 10.4. The number of rotatable bonds is 1. The van der Waals surface area contributed by atoms with Crippen molar-refractivity contribution in [3.63, 3.8) is 0 Å². The summed E-state index contributed by atoms with van der Waals surface area (Å²) >= 11 is 0. The van der Waals surface area contributed by atoms with Crippen molar-refractivity contribution < 1.29 is 0 Å². The molecule has 1 N–H and O–H groups in total.